The Hall–Kier alpha value is -2.61. The fourth-order valence-electron chi connectivity index (χ4n) is 2.86. The molecule has 0 saturated heterocycles. The molecule has 0 atom stereocenters. The maximum absolute atomic E-state index is 12.6. The minimum Gasteiger partial charge on any atom is -0.337 e. The summed E-state index contributed by atoms with van der Waals surface area (Å²) < 4.78 is 0. The van der Waals surface area contributed by atoms with E-state index in [0.717, 1.165) is 12.0 Å². The molecule has 0 aromatic heterocycles. The third-order valence-electron chi connectivity index (χ3n) is 4.24. The predicted octanol–water partition coefficient (Wildman–Crippen LogP) is 4.67. The summed E-state index contributed by atoms with van der Waals surface area (Å²) in [6.07, 6.45) is 0.986. The monoisotopic (exact) mass is 303 g/mol. The minimum atomic E-state index is 0.0561. The summed E-state index contributed by atoms with van der Waals surface area (Å²) in [5, 5.41) is 2.41. The molecule has 0 N–H and O–H groups in total. The van der Waals surface area contributed by atoms with Gasteiger partial charge in [0.1, 0.15) is 0 Å². The van der Waals surface area contributed by atoms with Crippen molar-refractivity contribution in [1.29, 1.82) is 0 Å². The van der Waals surface area contributed by atoms with Gasteiger partial charge in [0.05, 0.1) is 0 Å². The SMILES string of the molecule is CCc1ccc(C(=O)N(C)Cc2cccc3ccccc23)cc1. The Bertz CT molecular complexity index is 815. The molecular formula is C21H21NO. The van der Waals surface area contributed by atoms with Crippen LogP contribution >= 0.6 is 0 Å². The maximum atomic E-state index is 12.6. The molecule has 3 aromatic rings. The van der Waals surface area contributed by atoms with E-state index in [4.69, 9.17) is 0 Å². The van der Waals surface area contributed by atoms with E-state index in [-0.39, 0.29) is 5.91 Å². The highest BCUT2D eigenvalue weighted by molar-refractivity contribution is 5.94. The van der Waals surface area contributed by atoms with E-state index < -0.39 is 0 Å². The molecule has 0 bridgehead atoms. The standard InChI is InChI=1S/C21H21NO/c1-3-16-11-13-18(14-12-16)21(23)22(2)15-19-9-6-8-17-7-4-5-10-20(17)19/h4-14H,3,15H2,1-2H3. The molecule has 116 valence electrons. The molecular weight excluding hydrogens is 282 g/mol. The highest BCUT2D eigenvalue weighted by atomic mass is 16.2. The van der Waals surface area contributed by atoms with Gasteiger partial charge in [-0.1, -0.05) is 61.5 Å². The van der Waals surface area contributed by atoms with Crippen molar-refractivity contribution in [3.63, 3.8) is 0 Å². The quantitative estimate of drug-likeness (QED) is 0.685. The highest BCUT2D eigenvalue weighted by Crippen LogP contribution is 2.20. The zero-order valence-corrected chi connectivity index (χ0v) is 13.6. The second-order valence-corrected chi connectivity index (χ2v) is 5.85. The summed E-state index contributed by atoms with van der Waals surface area (Å²) >= 11 is 0. The van der Waals surface area contributed by atoms with Crippen molar-refractivity contribution >= 4 is 16.7 Å². The van der Waals surface area contributed by atoms with Gasteiger partial charge < -0.3 is 4.90 Å². The number of fused-ring (bicyclic) bond motifs is 1. The van der Waals surface area contributed by atoms with Crippen molar-refractivity contribution in [3.05, 3.63) is 83.4 Å². The van der Waals surface area contributed by atoms with Gasteiger partial charge in [-0.05, 0) is 40.5 Å². The normalized spacial score (nSPS) is 10.7. The molecule has 1 amide bonds. The Labute approximate surface area is 137 Å². The molecule has 0 heterocycles. The largest absolute Gasteiger partial charge is 0.337 e. The number of hydrogen-bond acceptors (Lipinski definition) is 1. The number of carbonyl (C=O) groups excluding carboxylic acids is 1. The van der Waals surface area contributed by atoms with E-state index in [1.165, 1.54) is 21.9 Å². The van der Waals surface area contributed by atoms with Crippen LogP contribution in [0.4, 0.5) is 0 Å². The summed E-state index contributed by atoms with van der Waals surface area (Å²) in [5.41, 5.74) is 3.16. The van der Waals surface area contributed by atoms with Gasteiger partial charge in [-0.15, -0.1) is 0 Å². The van der Waals surface area contributed by atoms with Gasteiger partial charge >= 0.3 is 0 Å². The summed E-state index contributed by atoms with van der Waals surface area (Å²) in [5.74, 6) is 0.0561. The Balaban J connectivity index is 1.82. The first kappa shape index (κ1) is 15.3. The molecule has 0 aliphatic carbocycles. The Kier molecular flexibility index (Phi) is 4.42. The molecule has 0 spiro atoms. The lowest BCUT2D eigenvalue weighted by Crippen LogP contribution is -2.26. The van der Waals surface area contributed by atoms with Crippen molar-refractivity contribution in [2.45, 2.75) is 19.9 Å². The summed E-state index contributed by atoms with van der Waals surface area (Å²) in [4.78, 5) is 14.4. The second kappa shape index (κ2) is 6.66. The molecule has 3 rings (SSSR count). The highest BCUT2D eigenvalue weighted by Gasteiger charge is 2.13. The lowest BCUT2D eigenvalue weighted by atomic mass is 10.0. The third-order valence-corrected chi connectivity index (χ3v) is 4.24. The van der Waals surface area contributed by atoms with E-state index >= 15 is 0 Å². The first-order valence-corrected chi connectivity index (χ1v) is 8.00. The number of benzene rings is 3. The predicted molar refractivity (Wildman–Crippen MR) is 95.6 cm³/mol. The van der Waals surface area contributed by atoms with Crippen LogP contribution in [-0.4, -0.2) is 17.9 Å². The lowest BCUT2D eigenvalue weighted by Gasteiger charge is -2.18. The second-order valence-electron chi connectivity index (χ2n) is 5.85. The number of hydrogen-bond donors (Lipinski definition) is 0. The lowest BCUT2D eigenvalue weighted by molar-refractivity contribution is 0.0785. The minimum absolute atomic E-state index is 0.0561. The summed E-state index contributed by atoms with van der Waals surface area (Å²) in [7, 11) is 1.86. The van der Waals surface area contributed by atoms with Crippen LogP contribution in [0.2, 0.25) is 0 Å². The van der Waals surface area contributed by atoms with Crippen LogP contribution in [0.25, 0.3) is 10.8 Å². The molecule has 0 saturated carbocycles. The topological polar surface area (TPSA) is 20.3 Å². The molecule has 0 aliphatic rings. The van der Waals surface area contributed by atoms with Gasteiger partial charge in [-0.3, -0.25) is 4.79 Å². The van der Waals surface area contributed by atoms with Gasteiger partial charge in [-0.25, -0.2) is 0 Å². The van der Waals surface area contributed by atoms with Gasteiger partial charge in [-0.2, -0.15) is 0 Å². The van der Waals surface area contributed by atoms with Crippen molar-refractivity contribution in [2.24, 2.45) is 0 Å². The van der Waals surface area contributed by atoms with Crippen LogP contribution in [0.1, 0.15) is 28.4 Å². The van der Waals surface area contributed by atoms with Crippen molar-refractivity contribution < 1.29 is 4.79 Å². The van der Waals surface area contributed by atoms with Crippen molar-refractivity contribution in [2.75, 3.05) is 7.05 Å². The Morgan fingerprint density at radius 3 is 2.35 bits per heavy atom. The van der Waals surface area contributed by atoms with Gasteiger partial charge in [0.15, 0.2) is 0 Å². The first-order chi connectivity index (χ1) is 11.2. The molecule has 23 heavy (non-hydrogen) atoms. The van der Waals surface area contributed by atoms with E-state index in [1.807, 2.05) is 49.5 Å². The van der Waals surface area contributed by atoms with Crippen LogP contribution in [-0.2, 0) is 13.0 Å². The van der Waals surface area contributed by atoms with Crippen molar-refractivity contribution in [3.8, 4) is 0 Å². The van der Waals surface area contributed by atoms with E-state index in [9.17, 15) is 4.79 Å². The molecule has 0 radical (unpaired) electrons. The van der Waals surface area contributed by atoms with E-state index in [0.29, 0.717) is 6.54 Å². The van der Waals surface area contributed by atoms with E-state index in [1.54, 1.807) is 4.90 Å². The number of nitrogens with zero attached hydrogens (tertiary/aromatic N) is 1. The van der Waals surface area contributed by atoms with Crippen LogP contribution in [0, 0.1) is 0 Å². The fraction of sp³-hybridized carbons (Fsp3) is 0.190. The van der Waals surface area contributed by atoms with Gasteiger partial charge in [0.25, 0.3) is 5.91 Å². The smallest absolute Gasteiger partial charge is 0.253 e. The molecule has 2 heteroatoms. The van der Waals surface area contributed by atoms with Crippen LogP contribution in [0.15, 0.2) is 66.7 Å². The molecule has 3 aromatic carbocycles. The number of rotatable bonds is 4. The number of aryl methyl sites for hydroxylation is 1. The Morgan fingerprint density at radius 1 is 0.913 bits per heavy atom. The first-order valence-electron chi connectivity index (χ1n) is 8.00. The average Bonchev–Trinajstić information content (AvgIpc) is 2.61. The van der Waals surface area contributed by atoms with Crippen LogP contribution in [0.5, 0.6) is 0 Å². The third kappa shape index (κ3) is 3.26. The zero-order valence-electron chi connectivity index (χ0n) is 13.6. The molecule has 0 unspecified atom stereocenters. The molecule has 2 nitrogen and oxygen atoms in total. The Morgan fingerprint density at radius 2 is 1.61 bits per heavy atom. The molecule has 0 fully saturated rings. The average molecular weight is 303 g/mol. The fourth-order valence-corrected chi connectivity index (χ4v) is 2.86. The van der Waals surface area contributed by atoms with Crippen molar-refractivity contribution in [1.82, 2.24) is 4.90 Å². The van der Waals surface area contributed by atoms with Crippen LogP contribution in [0.3, 0.4) is 0 Å². The number of carbonyl (C=O) groups is 1. The zero-order chi connectivity index (χ0) is 16.2. The van der Waals surface area contributed by atoms with E-state index in [2.05, 4.69) is 31.2 Å². The molecule has 0 aliphatic heterocycles. The summed E-state index contributed by atoms with van der Waals surface area (Å²) in [6.45, 7) is 2.72. The van der Waals surface area contributed by atoms with Crippen LogP contribution < -0.4 is 0 Å². The van der Waals surface area contributed by atoms with Gasteiger partial charge in [0, 0.05) is 19.2 Å². The van der Waals surface area contributed by atoms with Gasteiger partial charge in [0.2, 0.25) is 0 Å². The maximum Gasteiger partial charge on any atom is 0.253 e. The summed E-state index contributed by atoms with van der Waals surface area (Å²) in [6, 6.07) is 22.4. The number of amides is 1.